The molecule has 5 aromatic rings. The highest BCUT2D eigenvalue weighted by Gasteiger charge is 2.56. The smallest absolute Gasteiger partial charge is 0.318 e. The van der Waals surface area contributed by atoms with Crippen LogP contribution in [0.4, 0.5) is 0 Å². The van der Waals surface area contributed by atoms with Crippen LogP contribution in [0, 0.1) is 41.4 Å². The lowest BCUT2D eigenvalue weighted by Gasteiger charge is -2.33. The minimum atomic E-state index is -1.12. The largest absolute Gasteiger partial charge is 0.393 e. The Bertz CT molecular complexity index is 2670. The molecule has 5 aromatic carbocycles. The average molecular weight is 915 g/mol. The van der Waals surface area contributed by atoms with Crippen LogP contribution in [-0.4, -0.2) is 47.8 Å². The van der Waals surface area contributed by atoms with Gasteiger partial charge in [0, 0.05) is 0 Å². The van der Waals surface area contributed by atoms with E-state index >= 15 is 0 Å². The minimum absolute atomic E-state index is 0.0231. The van der Waals surface area contributed by atoms with Gasteiger partial charge < -0.3 is 18.9 Å². The molecule has 4 heterocycles. The van der Waals surface area contributed by atoms with Gasteiger partial charge in [-0.25, -0.2) is 0 Å². The molecule has 0 radical (unpaired) electrons. The number of aryl methyl sites for hydroxylation is 1. The molecule has 0 saturated carbocycles. The van der Waals surface area contributed by atoms with Crippen molar-refractivity contribution in [1.82, 2.24) is 0 Å². The number of ether oxygens (including phenoxy) is 4. The van der Waals surface area contributed by atoms with Gasteiger partial charge in [-0.2, -0.15) is 0 Å². The Morgan fingerprint density at radius 3 is 1.25 bits per heavy atom. The van der Waals surface area contributed by atoms with Gasteiger partial charge in [0.15, 0.2) is 0 Å². The Morgan fingerprint density at radius 1 is 0.382 bits per heavy atom. The maximum absolute atomic E-state index is 14.3. The first kappa shape index (κ1) is 45.8. The number of carbonyl (C=O) groups excluding carboxylic acids is 8. The van der Waals surface area contributed by atoms with Gasteiger partial charge in [0.1, 0.15) is 0 Å². The molecule has 68 heavy (non-hydrogen) atoms. The fraction of sp³-hybridized carbons (Fsp3) is 0.321. The second-order valence-corrected chi connectivity index (χ2v) is 18.4. The van der Waals surface area contributed by atoms with Crippen LogP contribution in [0.25, 0.3) is 0 Å². The van der Waals surface area contributed by atoms with E-state index in [1.807, 2.05) is 103 Å². The molecule has 346 valence electrons. The number of hydrogen-bond donors (Lipinski definition) is 0. The number of benzene rings is 5. The highest BCUT2D eigenvalue weighted by Crippen LogP contribution is 2.51. The molecular weight excluding hydrogens is 865 g/mol. The van der Waals surface area contributed by atoms with E-state index in [-0.39, 0.29) is 25.7 Å². The number of cyclic esters (lactones) is 8. The summed E-state index contributed by atoms with van der Waals surface area (Å²) in [5.41, 5.74) is 3.96. The van der Waals surface area contributed by atoms with Crippen molar-refractivity contribution in [2.75, 3.05) is 0 Å². The van der Waals surface area contributed by atoms with Crippen LogP contribution >= 0.6 is 0 Å². The number of esters is 8. The Kier molecular flexibility index (Phi) is 13.6. The summed E-state index contributed by atoms with van der Waals surface area (Å²) >= 11 is 0. The van der Waals surface area contributed by atoms with Crippen LogP contribution in [0.3, 0.4) is 0 Å². The number of hydrogen-bond acceptors (Lipinski definition) is 12. The molecule has 11 unspecified atom stereocenters. The van der Waals surface area contributed by atoms with Crippen molar-refractivity contribution in [2.45, 2.75) is 68.6 Å². The lowest BCUT2D eigenvalue weighted by Crippen LogP contribution is -2.33. The summed E-state index contributed by atoms with van der Waals surface area (Å²) in [7, 11) is 0. The average Bonchev–Trinajstić information content (AvgIpc) is 4.03. The summed E-state index contributed by atoms with van der Waals surface area (Å²) in [6, 6.07) is 46.6. The molecule has 12 nitrogen and oxygen atoms in total. The minimum Gasteiger partial charge on any atom is -0.393 e. The lowest BCUT2D eigenvalue weighted by atomic mass is 9.66. The van der Waals surface area contributed by atoms with E-state index in [2.05, 4.69) is 0 Å². The summed E-state index contributed by atoms with van der Waals surface area (Å²) in [6.07, 6.45) is 1.07. The van der Waals surface area contributed by atoms with Crippen molar-refractivity contribution in [1.29, 1.82) is 0 Å². The maximum atomic E-state index is 14.3. The number of carbonyl (C=O) groups is 8. The first-order valence-corrected chi connectivity index (χ1v) is 23.3. The maximum Gasteiger partial charge on any atom is 0.318 e. The molecule has 0 amide bonds. The van der Waals surface area contributed by atoms with Gasteiger partial charge >= 0.3 is 47.8 Å². The second kappa shape index (κ2) is 20.3. The van der Waals surface area contributed by atoms with Crippen molar-refractivity contribution < 1.29 is 57.3 Å². The Labute approximate surface area is 393 Å². The van der Waals surface area contributed by atoms with Crippen LogP contribution in [0.15, 0.2) is 152 Å². The van der Waals surface area contributed by atoms with Gasteiger partial charge in [-0.1, -0.05) is 152 Å². The van der Waals surface area contributed by atoms with Gasteiger partial charge in [-0.05, 0) is 90.0 Å². The van der Waals surface area contributed by atoms with Crippen molar-refractivity contribution in [3.8, 4) is 0 Å². The monoisotopic (exact) mass is 914 g/mol. The van der Waals surface area contributed by atoms with Crippen molar-refractivity contribution in [3.05, 3.63) is 179 Å². The molecule has 12 heteroatoms. The van der Waals surface area contributed by atoms with Gasteiger partial charge in [-0.15, -0.1) is 0 Å². The van der Waals surface area contributed by atoms with Crippen molar-refractivity contribution in [2.24, 2.45) is 41.4 Å². The highest BCUT2D eigenvalue weighted by molar-refractivity contribution is 5.99. The quantitative estimate of drug-likeness (QED) is 0.0468. The molecule has 4 fully saturated rings. The summed E-state index contributed by atoms with van der Waals surface area (Å²) in [6.45, 7) is 0. The molecule has 0 spiro atoms. The Morgan fingerprint density at radius 2 is 0.779 bits per heavy atom. The summed E-state index contributed by atoms with van der Waals surface area (Å²) in [4.78, 5) is 109. The Balaban J connectivity index is 1.07. The summed E-state index contributed by atoms with van der Waals surface area (Å²) < 4.78 is 21.2. The Hall–Kier alpha value is -7.34. The predicted molar refractivity (Wildman–Crippen MR) is 243 cm³/mol. The molecule has 4 saturated heterocycles. The molecule has 4 aliphatic rings. The van der Waals surface area contributed by atoms with Gasteiger partial charge in [0.25, 0.3) is 0 Å². The van der Waals surface area contributed by atoms with E-state index in [0.717, 1.165) is 16.7 Å². The van der Waals surface area contributed by atoms with E-state index in [1.165, 1.54) is 0 Å². The molecule has 11 atom stereocenters. The van der Waals surface area contributed by atoms with E-state index in [4.69, 9.17) is 18.9 Å². The molecule has 9 rings (SSSR count). The fourth-order valence-corrected chi connectivity index (χ4v) is 11.3. The highest BCUT2D eigenvalue weighted by atomic mass is 16.6. The van der Waals surface area contributed by atoms with Crippen LogP contribution in [-0.2, 0) is 63.7 Å². The van der Waals surface area contributed by atoms with E-state index < -0.39 is 113 Å². The van der Waals surface area contributed by atoms with Gasteiger partial charge in [-0.3, -0.25) is 38.4 Å². The van der Waals surface area contributed by atoms with Crippen LogP contribution in [0.5, 0.6) is 0 Å². The normalized spacial score (nSPS) is 25.4. The molecule has 0 N–H and O–H groups in total. The SMILES string of the molecule is O=C1CC(CC(c2ccccc2)C2C(=O)OC(=O)C2CC(c2ccccc2)C2C(=O)OC(=O)C2CC(CC(c2ccccc2)C2C(=O)OC(=O)C2CCc2ccccc2)c2ccccc2)C(=O)O1. The first-order chi connectivity index (χ1) is 33.0. The molecule has 0 bridgehead atoms. The topological polar surface area (TPSA) is 173 Å². The molecule has 4 aliphatic heterocycles. The van der Waals surface area contributed by atoms with Gasteiger partial charge in [0.05, 0.1) is 47.8 Å². The summed E-state index contributed by atoms with van der Waals surface area (Å²) in [5, 5.41) is 0. The van der Waals surface area contributed by atoms with Crippen LogP contribution in [0.2, 0.25) is 0 Å². The van der Waals surface area contributed by atoms with Crippen molar-refractivity contribution >= 4 is 47.8 Å². The standard InChI is InChI=1S/C56H50O12/c57-46-31-39(50(58)65-46)30-42(36-22-12-4-13-23-36)48-45(53(61)68-55(48)63)32-43(37-24-14-5-15-25-37)49-44(52(60)67-56(49)64)29-38(34-18-8-2-9-19-34)28-41(35-20-10-3-11-21-35)47-40(51(59)66-54(47)62)27-26-33-16-6-1-7-17-33/h1-25,38-45,47-49H,26-32H2. The molecular formula is C56H50O12. The second-order valence-electron chi connectivity index (χ2n) is 18.4. The zero-order chi connectivity index (χ0) is 47.3. The molecule has 0 aromatic heterocycles. The van der Waals surface area contributed by atoms with Crippen LogP contribution in [0.1, 0.15) is 90.0 Å². The summed E-state index contributed by atoms with van der Waals surface area (Å²) in [5.74, 6) is -15.1. The predicted octanol–water partition coefficient (Wildman–Crippen LogP) is 8.35. The lowest BCUT2D eigenvalue weighted by molar-refractivity contribution is -0.156. The third-order valence-corrected chi connectivity index (χ3v) is 14.6. The van der Waals surface area contributed by atoms with E-state index in [9.17, 15) is 38.4 Å². The number of rotatable bonds is 18. The van der Waals surface area contributed by atoms with Crippen molar-refractivity contribution in [3.63, 3.8) is 0 Å². The first-order valence-electron chi connectivity index (χ1n) is 23.3. The fourth-order valence-electron chi connectivity index (χ4n) is 11.3. The van der Waals surface area contributed by atoms with Gasteiger partial charge in [0.2, 0.25) is 0 Å². The molecule has 0 aliphatic carbocycles. The zero-order valence-corrected chi connectivity index (χ0v) is 37.1. The van der Waals surface area contributed by atoms with E-state index in [0.29, 0.717) is 30.4 Å². The third-order valence-electron chi connectivity index (χ3n) is 14.6. The third kappa shape index (κ3) is 9.72. The zero-order valence-electron chi connectivity index (χ0n) is 37.1. The van der Waals surface area contributed by atoms with E-state index in [1.54, 1.807) is 48.5 Å². The van der Waals surface area contributed by atoms with Crippen LogP contribution < -0.4 is 0 Å².